The molecule has 0 aromatic rings. The zero-order valence-corrected chi connectivity index (χ0v) is 7.28. The molecule has 0 aromatic heterocycles. The summed E-state index contributed by atoms with van der Waals surface area (Å²) >= 11 is 0. The first-order valence-corrected chi connectivity index (χ1v) is 3.85. The molecule has 1 heterocycles. The number of amides is 1. The Morgan fingerprint density at radius 1 is 1.85 bits per heavy atom. The van der Waals surface area contributed by atoms with Crippen molar-refractivity contribution in [3.8, 4) is 0 Å². The first-order valence-electron chi connectivity index (χ1n) is 3.85. The van der Waals surface area contributed by atoms with E-state index in [1.54, 1.807) is 0 Å². The molecule has 0 spiro atoms. The molecule has 1 saturated heterocycles. The molecule has 0 saturated carbocycles. The molecule has 0 radical (unpaired) electrons. The van der Waals surface area contributed by atoms with Crippen molar-refractivity contribution in [3.05, 3.63) is 12.7 Å². The molecule has 1 aliphatic heterocycles. The number of alkyl carbamates (subject to hydrolysis) is 1. The highest BCUT2D eigenvalue weighted by Gasteiger charge is 2.33. The van der Waals surface area contributed by atoms with Gasteiger partial charge in [-0.05, 0) is 0 Å². The van der Waals surface area contributed by atoms with Gasteiger partial charge in [-0.1, -0.05) is 12.7 Å². The third-order valence-corrected chi connectivity index (χ3v) is 1.76. The summed E-state index contributed by atoms with van der Waals surface area (Å²) in [6.07, 6.45) is 0.996. The summed E-state index contributed by atoms with van der Waals surface area (Å²) in [5, 5.41) is 2.36. The summed E-state index contributed by atoms with van der Waals surface area (Å²) in [6.45, 7) is 3.49. The van der Waals surface area contributed by atoms with E-state index in [9.17, 15) is 9.59 Å². The quantitative estimate of drug-likeness (QED) is 0.493. The van der Waals surface area contributed by atoms with Crippen LogP contribution < -0.4 is 5.32 Å². The zero-order valence-electron chi connectivity index (χ0n) is 7.28. The second-order valence-electron chi connectivity index (χ2n) is 2.64. The van der Waals surface area contributed by atoms with Crippen LogP contribution >= 0.6 is 0 Å². The normalized spacial score (nSPS) is 26.4. The first-order chi connectivity index (χ1) is 6.17. The molecule has 1 amide bonds. The maximum atomic E-state index is 11.1. The molecule has 1 rings (SSSR count). The van der Waals surface area contributed by atoms with Gasteiger partial charge in [-0.2, -0.15) is 0 Å². The first kappa shape index (κ1) is 9.57. The molecular weight excluding hydrogens is 174 g/mol. The van der Waals surface area contributed by atoms with E-state index >= 15 is 0 Å². The number of carbonyl (C=O) groups is 2. The van der Waals surface area contributed by atoms with E-state index < -0.39 is 18.1 Å². The van der Waals surface area contributed by atoms with Crippen molar-refractivity contribution >= 4 is 12.1 Å². The lowest BCUT2D eigenvalue weighted by Crippen LogP contribution is -2.37. The van der Waals surface area contributed by atoms with Gasteiger partial charge in [0.25, 0.3) is 0 Å². The third kappa shape index (κ3) is 2.21. The van der Waals surface area contributed by atoms with Crippen molar-refractivity contribution < 1.29 is 19.1 Å². The number of ether oxygens (including phenoxy) is 2. The number of hydrogen-bond acceptors (Lipinski definition) is 4. The van der Waals surface area contributed by atoms with E-state index in [-0.39, 0.29) is 6.10 Å². The molecule has 0 unspecified atom stereocenters. The molecule has 5 nitrogen and oxygen atoms in total. The van der Waals surface area contributed by atoms with Crippen LogP contribution in [0.15, 0.2) is 12.7 Å². The Morgan fingerprint density at radius 2 is 2.54 bits per heavy atom. The molecule has 5 heteroatoms. The Kier molecular flexibility index (Phi) is 2.89. The highest BCUT2D eigenvalue weighted by Crippen LogP contribution is 2.15. The minimum absolute atomic E-state index is 0.311. The maximum Gasteiger partial charge on any atom is 0.407 e. The van der Waals surface area contributed by atoms with E-state index in [0.717, 1.165) is 0 Å². The van der Waals surface area contributed by atoms with Gasteiger partial charge >= 0.3 is 12.1 Å². The fourth-order valence-corrected chi connectivity index (χ4v) is 1.07. The van der Waals surface area contributed by atoms with Crippen LogP contribution in [0.2, 0.25) is 0 Å². The van der Waals surface area contributed by atoms with Crippen molar-refractivity contribution in [1.82, 2.24) is 5.32 Å². The minimum atomic E-state index is -0.633. The Morgan fingerprint density at radius 3 is 3.00 bits per heavy atom. The molecule has 2 atom stereocenters. The second-order valence-corrected chi connectivity index (χ2v) is 2.64. The van der Waals surface area contributed by atoms with Crippen LogP contribution in [0.5, 0.6) is 0 Å². The Labute approximate surface area is 75.7 Å². The van der Waals surface area contributed by atoms with Gasteiger partial charge in [0.05, 0.1) is 7.11 Å². The lowest BCUT2D eigenvalue weighted by molar-refractivity contribution is -0.141. The van der Waals surface area contributed by atoms with Crippen LogP contribution in [0.1, 0.15) is 6.42 Å². The summed E-state index contributed by atoms with van der Waals surface area (Å²) in [7, 11) is 1.24. The molecule has 1 aliphatic rings. The van der Waals surface area contributed by atoms with Crippen LogP contribution in [0, 0.1) is 0 Å². The molecule has 13 heavy (non-hydrogen) atoms. The Bertz CT molecular complexity index is 238. The van der Waals surface area contributed by atoms with Gasteiger partial charge in [-0.15, -0.1) is 0 Å². The van der Waals surface area contributed by atoms with Gasteiger partial charge in [0.2, 0.25) is 0 Å². The van der Waals surface area contributed by atoms with E-state index in [0.29, 0.717) is 6.42 Å². The third-order valence-electron chi connectivity index (χ3n) is 1.76. The monoisotopic (exact) mass is 185 g/mol. The molecule has 72 valence electrons. The van der Waals surface area contributed by atoms with Crippen molar-refractivity contribution in [2.45, 2.75) is 18.6 Å². The van der Waals surface area contributed by atoms with Crippen molar-refractivity contribution in [2.75, 3.05) is 7.11 Å². The van der Waals surface area contributed by atoms with Gasteiger partial charge in [0, 0.05) is 6.42 Å². The van der Waals surface area contributed by atoms with E-state index in [1.165, 1.54) is 13.2 Å². The molecular formula is C8H11NO4. The fourth-order valence-electron chi connectivity index (χ4n) is 1.07. The van der Waals surface area contributed by atoms with Gasteiger partial charge in [-0.3, -0.25) is 0 Å². The summed E-state index contributed by atoms with van der Waals surface area (Å²) < 4.78 is 9.19. The standard InChI is InChI=1S/C8H11NO4/c1-3-5-4-6(7(10)13-5)9-8(11)12-2/h3,5-6H,1,4H2,2H3,(H,9,11)/t5-,6+/m1/s1. The second kappa shape index (κ2) is 3.93. The lowest BCUT2D eigenvalue weighted by atomic mass is 10.2. The average molecular weight is 185 g/mol. The van der Waals surface area contributed by atoms with Gasteiger partial charge in [-0.25, -0.2) is 9.59 Å². The summed E-state index contributed by atoms with van der Waals surface area (Å²) in [5.74, 6) is -0.449. The van der Waals surface area contributed by atoms with Gasteiger partial charge in [0.1, 0.15) is 12.1 Å². The van der Waals surface area contributed by atoms with E-state index in [4.69, 9.17) is 4.74 Å². The van der Waals surface area contributed by atoms with Crippen molar-refractivity contribution in [3.63, 3.8) is 0 Å². The molecule has 0 bridgehead atoms. The average Bonchev–Trinajstić information content (AvgIpc) is 2.47. The predicted octanol–water partition coefficient (Wildman–Crippen LogP) is 0.212. The Hall–Kier alpha value is -1.52. The van der Waals surface area contributed by atoms with Crippen LogP contribution in [0.4, 0.5) is 4.79 Å². The molecule has 0 aliphatic carbocycles. The van der Waals surface area contributed by atoms with Gasteiger partial charge < -0.3 is 14.8 Å². The number of carbonyl (C=O) groups excluding carboxylic acids is 2. The minimum Gasteiger partial charge on any atom is -0.457 e. The highest BCUT2D eigenvalue weighted by molar-refractivity contribution is 5.83. The molecule has 1 fully saturated rings. The number of nitrogens with one attached hydrogen (secondary N) is 1. The number of cyclic esters (lactones) is 1. The summed E-state index contributed by atoms with van der Waals surface area (Å²) in [4.78, 5) is 21.8. The molecule has 1 N–H and O–H groups in total. The van der Waals surface area contributed by atoms with Crippen LogP contribution in [0.3, 0.4) is 0 Å². The summed E-state index contributed by atoms with van der Waals surface area (Å²) in [6, 6.07) is -0.615. The highest BCUT2D eigenvalue weighted by atomic mass is 16.6. The SMILES string of the molecule is C=C[C@@H]1C[C@H](NC(=O)OC)C(=O)O1. The van der Waals surface area contributed by atoms with Crippen LogP contribution in [-0.4, -0.2) is 31.3 Å². The van der Waals surface area contributed by atoms with Gasteiger partial charge in [0.15, 0.2) is 0 Å². The number of rotatable bonds is 2. The number of hydrogen-bond donors (Lipinski definition) is 1. The van der Waals surface area contributed by atoms with Crippen molar-refractivity contribution in [2.24, 2.45) is 0 Å². The number of methoxy groups -OCH3 is 1. The fraction of sp³-hybridized carbons (Fsp3) is 0.500. The predicted molar refractivity (Wildman–Crippen MR) is 44.0 cm³/mol. The van der Waals surface area contributed by atoms with E-state index in [2.05, 4.69) is 16.6 Å². The van der Waals surface area contributed by atoms with E-state index in [1.807, 2.05) is 0 Å². The molecule has 0 aromatic carbocycles. The van der Waals surface area contributed by atoms with Crippen LogP contribution in [-0.2, 0) is 14.3 Å². The lowest BCUT2D eigenvalue weighted by Gasteiger charge is -2.05. The summed E-state index contributed by atoms with van der Waals surface area (Å²) in [5.41, 5.74) is 0. The Balaban J connectivity index is 2.48. The van der Waals surface area contributed by atoms with Crippen LogP contribution in [0.25, 0.3) is 0 Å². The number of esters is 1. The largest absolute Gasteiger partial charge is 0.457 e. The maximum absolute atomic E-state index is 11.1. The zero-order chi connectivity index (χ0) is 9.84. The smallest absolute Gasteiger partial charge is 0.407 e. The topological polar surface area (TPSA) is 64.6 Å². The van der Waals surface area contributed by atoms with Crippen molar-refractivity contribution in [1.29, 1.82) is 0 Å².